The zero-order valence-electron chi connectivity index (χ0n) is 12.2. The summed E-state index contributed by atoms with van der Waals surface area (Å²) in [6.07, 6.45) is 4.54. The van der Waals surface area contributed by atoms with Crippen LogP contribution in [0.4, 0.5) is 16.0 Å². The van der Waals surface area contributed by atoms with E-state index >= 15 is 0 Å². The molecule has 0 spiro atoms. The molecule has 0 amide bonds. The van der Waals surface area contributed by atoms with E-state index in [-0.39, 0.29) is 5.82 Å². The Morgan fingerprint density at radius 1 is 1.43 bits per heavy atom. The van der Waals surface area contributed by atoms with Gasteiger partial charge in [-0.2, -0.15) is 0 Å². The van der Waals surface area contributed by atoms with Crippen LogP contribution in [0.25, 0.3) is 0 Å². The molecule has 2 rings (SSSR count). The molecular formula is C15H19BrFN3O. The summed E-state index contributed by atoms with van der Waals surface area (Å²) >= 11 is 3.18. The van der Waals surface area contributed by atoms with Crippen molar-refractivity contribution in [3.05, 3.63) is 40.4 Å². The number of ether oxygens (including phenoxy) is 1. The highest BCUT2D eigenvalue weighted by Gasteiger charge is 2.08. The smallest absolute Gasteiger partial charge is 0.207 e. The Balaban J connectivity index is 2.06. The van der Waals surface area contributed by atoms with Crippen molar-refractivity contribution in [3.8, 4) is 0 Å². The summed E-state index contributed by atoms with van der Waals surface area (Å²) in [4.78, 5) is 4.28. The molecule has 6 heteroatoms. The molecule has 1 aromatic heterocycles. The summed E-state index contributed by atoms with van der Waals surface area (Å²) < 4.78 is 21.4. The molecule has 0 aliphatic heterocycles. The van der Waals surface area contributed by atoms with E-state index in [1.807, 2.05) is 24.6 Å². The molecule has 0 unspecified atom stereocenters. The molecule has 2 aromatic rings. The van der Waals surface area contributed by atoms with Gasteiger partial charge < -0.3 is 14.6 Å². The highest BCUT2D eigenvalue weighted by molar-refractivity contribution is 9.10. The van der Waals surface area contributed by atoms with Gasteiger partial charge in [0.05, 0.1) is 4.47 Å². The minimum Gasteiger partial charge on any atom is -0.382 e. The van der Waals surface area contributed by atoms with Crippen LogP contribution in [0.15, 0.2) is 29.0 Å². The first kappa shape index (κ1) is 16.0. The summed E-state index contributed by atoms with van der Waals surface area (Å²) in [6, 6.07) is 3.22. The predicted molar refractivity (Wildman–Crippen MR) is 85.5 cm³/mol. The Bertz CT molecular complexity index is 601. The van der Waals surface area contributed by atoms with Crippen molar-refractivity contribution in [1.82, 2.24) is 9.55 Å². The number of rotatable bonds is 7. The zero-order valence-corrected chi connectivity index (χ0v) is 13.8. The third-order valence-corrected chi connectivity index (χ3v) is 3.73. The van der Waals surface area contributed by atoms with Gasteiger partial charge in [0.15, 0.2) is 0 Å². The van der Waals surface area contributed by atoms with Crippen LogP contribution in [0, 0.1) is 12.7 Å². The minimum atomic E-state index is -0.294. The van der Waals surface area contributed by atoms with E-state index in [0.29, 0.717) is 16.1 Å². The molecule has 0 saturated carbocycles. The molecule has 0 radical (unpaired) electrons. The van der Waals surface area contributed by atoms with E-state index in [4.69, 9.17) is 4.74 Å². The maximum absolute atomic E-state index is 13.6. The van der Waals surface area contributed by atoms with Crippen LogP contribution in [0.3, 0.4) is 0 Å². The summed E-state index contributed by atoms with van der Waals surface area (Å²) in [5.41, 5.74) is 1.67. The van der Waals surface area contributed by atoms with Crippen LogP contribution < -0.4 is 5.32 Å². The maximum Gasteiger partial charge on any atom is 0.207 e. The van der Waals surface area contributed by atoms with Gasteiger partial charge in [-0.3, -0.25) is 0 Å². The lowest BCUT2D eigenvalue weighted by atomic mass is 10.2. The molecule has 21 heavy (non-hydrogen) atoms. The van der Waals surface area contributed by atoms with Crippen LogP contribution in [0.5, 0.6) is 0 Å². The molecule has 114 valence electrons. The Kier molecular flexibility index (Phi) is 5.76. The lowest BCUT2D eigenvalue weighted by Crippen LogP contribution is -2.06. The normalized spacial score (nSPS) is 10.9. The van der Waals surface area contributed by atoms with Gasteiger partial charge in [-0.1, -0.05) is 0 Å². The second kappa shape index (κ2) is 7.56. The van der Waals surface area contributed by atoms with Gasteiger partial charge in [0.2, 0.25) is 5.95 Å². The average molecular weight is 356 g/mol. The van der Waals surface area contributed by atoms with Crippen molar-refractivity contribution in [2.75, 3.05) is 18.5 Å². The van der Waals surface area contributed by atoms with E-state index in [2.05, 4.69) is 26.2 Å². The molecule has 1 heterocycles. The van der Waals surface area contributed by atoms with Gasteiger partial charge in [-0.05, 0) is 53.9 Å². The van der Waals surface area contributed by atoms with Crippen LogP contribution >= 0.6 is 15.9 Å². The number of hydrogen-bond acceptors (Lipinski definition) is 3. The molecule has 4 nitrogen and oxygen atoms in total. The Morgan fingerprint density at radius 2 is 2.24 bits per heavy atom. The fourth-order valence-corrected chi connectivity index (χ4v) is 2.45. The maximum atomic E-state index is 13.6. The number of anilines is 2. The van der Waals surface area contributed by atoms with E-state index in [0.717, 1.165) is 31.7 Å². The lowest BCUT2D eigenvalue weighted by Gasteiger charge is -2.12. The fraction of sp³-hybridized carbons (Fsp3) is 0.400. The predicted octanol–water partition coefficient (Wildman–Crippen LogP) is 4.26. The number of aromatic nitrogens is 2. The van der Waals surface area contributed by atoms with Gasteiger partial charge >= 0.3 is 0 Å². The minimum absolute atomic E-state index is 0.294. The van der Waals surface area contributed by atoms with Crippen LogP contribution in [-0.4, -0.2) is 22.8 Å². The van der Waals surface area contributed by atoms with Gasteiger partial charge in [0.1, 0.15) is 5.82 Å². The standard InChI is InChI=1S/C15H19BrFN3O/c1-3-21-8-4-6-20-7-5-18-15(20)19-14-10-13(17)12(16)9-11(14)2/h5,7,9-10H,3-4,6,8H2,1-2H3,(H,18,19). The first-order valence-corrected chi connectivity index (χ1v) is 7.72. The van der Waals surface area contributed by atoms with Gasteiger partial charge in [0, 0.05) is 37.8 Å². The van der Waals surface area contributed by atoms with Crippen molar-refractivity contribution in [1.29, 1.82) is 0 Å². The topological polar surface area (TPSA) is 39.1 Å². The second-order valence-corrected chi connectivity index (χ2v) is 5.56. The van der Waals surface area contributed by atoms with Crippen molar-refractivity contribution < 1.29 is 9.13 Å². The number of hydrogen-bond donors (Lipinski definition) is 1. The first-order valence-electron chi connectivity index (χ1n) is 6.93. The molecule has 0 aliphatic rings. The lowest BCUT2D eigenvalue weighted by molar-refractivity contribution is 0.142. The van der Waals surface area contributed by atoms with Gasteiger partial charge in [-0.15, -0.1) is 0 Å². The summed E-state index contributed by atoms with van der Waals surface area (Å²) in [5.74, 6) is 0.411. The van der Waals surface area contributed by atoms with E-state index < -0.39 is 0 Å². The summed E-state index contributed by atoms with van der Waals surface area (Å²) in [5, 5.41) is 3.18. The molecule has 0 saturated heterocycles. The summed E-state index contributed by atoms with van der Waals surface area (Å²) in [7, 11) is 0. The highest BCUT2D eigenvalue weighted by Crippen LogP contribution is 2.26. The van der Waals surface area contributed by atoms with Crippen molar-refractivity contribution in [2.24, 2.45) is 0 Å². The Hall–Kier alpha value is -1.40. The molecule has 1 aromatic carbocycles. The van der Waals surface area contributed by atoms with E-state index in [9.17, 15) is 4.39 Å². The van der Waals surface area contributed by atoms with Crippen LogP contribution in [0.2, 0.25) is 0 Å². The zero-order chi connectivity index (χ0) is 15.2. The van der Waals surface area contributed by atoms with Crippen molar-refractivity contribution in [3.63, 3.8) is 0 Å². The van der Waals surface area contributed by atoms with E-state index in [1.54, 1.807) is 12.3 Å². The average Bonchev–Trinajstić information content (AvgIpc) is 2.88. The molecule has 1 N–H and O–H groups in total. The third kappa shape index (κ3) is 4.28. The molecule has 0 atom stereocenters. The molecular weight excluding hydrogens is 337 g/mol. The third-order valence-electron chi connectivity index (χ3n) is 3.12. The molecule has 0 bridgehead atoms. The molecule has 0 fully saturated rings. The van der Waals surface area contributed by atoms with Crippen LogP contribution in [0.1, 0.15) is 18.9 Å². The number of benzene rings is 1. The van der Waals surface area contributed by atoms with Crippen molar-refractivity contribution in [2.45, 2.75) is 26.8 Å². The Labute approximate surface area is 132 Å². The van der Waals surface area contributed by atoms with Gasteiger partial charge in [-0.25, -0.2) is 9.37 Å². The highest BCUT2D eigenvalue weighted by atomic mass is 79.9. The van der Waals surface area contributed by atoms with Crippen LogP contribution in [-0.2, 0) is 11.3 Å². The van der Waals surface area contributed by atoms with Gasteiger partial charge in [0.25, 0.3) is 0 Å². The quantitative estimate of drug-likeness (QED) is 0.754. The first-order chi connectivity index (χ1) is 10.1. The monoisotopic (exact) mass is 355 g/mol. The number of halogens is 2. The molecule has 0 aliphatic carbocycles. The SMILES string of the molecule is CCOCCCn1ccnc1Nc1cc(F)c(Br)cc1C. The fourth-order valence-electron chi connectivity index (χ4n) is 2.00. The van der Waals surface area contributed by atoms with E-state index in [1.165, 1.54) is 6.07 Å². The second-order valence-electron chi connectivity index (χ2n) is 4.70. The largest absolute Gasteiger partial charge is 0.382 e. The summed E-state index contributed by atoms with van der Waals surface area (Å²) in [6.45, 7) is 6.16. The Morgan fingerprint density at radius 3 is 3.00 bits per heavy atom. The van der Waals surface area contributed by atoms with Crippen molar-refractivity contribution >= 4 is 27.6 Å². The number of nitrogens with one attached hydrogen (secondary N) is 1. The number of aryl methyl sites for hydroxylation is 2. The number of nitrogens with zero attached hydrogens (tertiary/aromatic N) is 2. The number of imidazole rings is 1.